The summed E-state index contributed by atoms with van der Waals surface area (Å²) in [5.41, 5.74) is -0.468. The van der Waals surface area contributed by atoms with E-state index >= 15 is 0 Å². The summed E-state index contributed by atoms with van der Waals surface area (Å²) in [6.07, 6.45) is 7.22. The maximum Gasteiger partial charge on any atom is 0.314 e. The van der Waals surface area contributed by atoms with Crippen LogP contribution in [0.25, 0.3) is 0 Å². The molecule has 1 aliphatic carbocycles. The lowest BCUT2D eigenvalue weighted by Gasteiger charge is -2.32. The van der Waals surface area contributed by atoms with Gasteiger partial charge in [-0.25, -0.2) is 0 Å². The number of ether oxygens (including phenoxy) is 4. The molecule has 4 fully saturated rings. The van der Waals surface area contributed by atoms with Crippen molar-refractivity contribution in [2.45, 2.75) is 82.4 Å². The van der Waals surface area contributed by atoms with Crippen LogP contribution in [-0.2, 0) is 28.5 Å². The highest BCUT2D eigenvalue weighted by atomic mass is 16.6. The van der Waals surface area contributed by atoms with Gasteiger partial charge in [0, 0.05) is 12.8 Å². The van der Waals surface area contributed by atoms with Crippen molar-refractivity contribution < 1.29 is 28.5 Å². The Morgan fingerprint density at radius 1 is 1.29 bits per heavy atom. The van der Waals surface area contributed by atoms with Crippen LogP contribution < -0.4 is 0 Å². The van der Waals surface area contributed by atoms with Gasteiger partial charge in [0.1, 0.15) is 12.7 Å². The van der Waals surface area contributed by atoms with Gasteiger partial charge in [0.05, 0.1) is 23.2 Å². The fourth-order valence-electron chi connectivity index (χ4n) is 4.80. The average molecular weight is 390 g/mol. The van der Waals surface area contributed by atoms with E-state index in [1.807, 2.05) is 26.0 Å². The molecular weight excluding hydrogens is 360 g/mol. The molecule has 1 unspecified atom stereocenters. The molecule has 28 heavy (non-hydrogen) atoms. The highest BCUT2D eigenvalue weighted by Crippen LogP contribution is 2.52. The molecule has 3 heterocycles. The molecule has 0 spiro atoms. The van der Waals surface area contributed by atoms with Crippen molar-refractivity contribution >= 4 is 11.9 Å². The fraction of sp³-hybridized carbons (Fsp3) is 0.727. The van der Waals surface area contributed by atoms with Gasteiger partial charge < -0.3 is 18.9 Å². The molecule has 0 aromatic carbocycles. The van der Waals surface area contributed by atoms with E-state index in [9.17, 15) is 9.59 Å². The second-order valence-electron chi connectivity index (χ2n) is 9.40. The van der Waals surface area contributed by atoms with Gasteiger partial charge >= 0.3 is 11.9 Å². The third-order valence-electron chi connectivity index (χ3n) is 6.84. The molecular formula is C22H30O6. The lowest BCUT2D eigenvalue weighted by Crippen LogP contribution is -2.41. The molecule has 154 valence electrons. The lowest BCUT2D eigenvalue weighted by atomic mass is 9.74. The molecule has 0 aromatic rings. The van der Waals surface area contributed by atoms with Crippen molar-refractivity contribution in [1.29, 1.82) is 0 Å². The minimum atomic E-state index is -0.997. The molecule has 6 atom stereocenters. The summed E-state index contributed by atoms with van der Waals surface area (Å²) in [6.45, 7) is 11.7. The van der Waals surface area contributed by atoms with E-state index in [1.165, 1.54) is 6.92 Å². The van der Waals surface area contributed by atoms with E-state index in [0.29, 0.717) is 0 Å². The highest BCUT2D eigenvalue weighted by Gasteiger charge is 2.60. The van der Waals surface area contributed by atoms with Crippen LogP contribution in [0.5, 0.6) is 0 Å². The first-order valence-corrected chi connectivity index (χ1v) is 10.2. The second-order valence-corrected chi connectivity index (χ2v) is 9.40. The minimum absolute atomic E-state index is 0.00711. The number of hydrogen-bond acceptors (Lipinski definition) is 6. The molecule has 0 bridgehead atoms. The van der Waals surface area contributed by atoms with Crippen LogP contribution in [0, 0.1) is 11.8 Å². The Kier molecular flexibility index (Phi) is 4.51. The SMILES string of the molecule is C=C1CC[C@@H]2O[C@@]2(C)CC[C@H]2[C@H]1C(=O)O[C@@]2(/C=C/C1OC1(C)C)COC(C)=O. The largest absolute Gasteiger partial charge is 0.461 e. The molecule has 1 saturated carbocycles. The number of hydrogen-bond donors (Lipinski definition) is 0. The number of carbonyl (C=O) groups is 2. The van der Waals surface area contributed by atoms with Crippen molar-refractivity contribution in [2.24, 2.45) is 11.8 Å². The predicted octanol–water partition coefficient (Wildman–Crippen LogP) is 3.10. The normalized spacial score (nSPS) is 44.0. The number of epoxide rings is 2. The molecule has 6 heteroatoms. The van der Waals surface area contributed by atoms with Crippen molar-refractivity contribution in [1.82, 2.24) is 0 Å². The lowest BCUT2D eigenvalue weighted by molar-refractivity contribution is -0.159. The third-order valence-corrected chi connectivity index (χ3v) is 6.84. The van der Waals surface area contributed by atoms with Crippen LogP contribution in [0.15, 0.2) is 24.3 Å². The van der Waals surface area contributed by atoms with Crippen LogP contribution >= 0.6 is 0 Å². The molecule has 0 N–H and O–H groups in total. The van der Waals surface area contributed by atoms with Gasteiger partial charge in [0.25, 0.3) is 0 Å². The van der Waals surface area contributed by atoms with E-state index < -0.39 is 11.6 Å². The van der Waals surface area contributed by atoms with E-state index in [-0.39, 0.29) is 47.8 Å². The highest BCUT2D eigenvalue weighted by molar-refractivity contribution is 5.80. The zero-order valence-electron chi connectivity index (χ0n) is 17.2. The second kappa shape index (κ2) is 6.42. The predicted molar refractivity (Wildman–Crippen MR) is 101 cm³/mol. The quantitative estimate of drug-likeness (QED) is 0.417. The molecule has 0 radical (unpaired) electrons. The number of fused-ring (bicyclic) bond motifs is 2. The number of esters is 2. The smallest absolute Gasteiger partial charge is 0.314 e. The van der Waals surface area contributed by atoms with Crippen molar-refractivity contribution in [3.8, 4) is 0 Å². The molecule has 6 nitrogen and oxygen atoms in total. The summed E-state index contributed by atoms with van der Waals surface area (Å²) >= 11 is 0. The molecule has 3 saturated heterocycles. The van der Waals surface area contributed by atoms with Crippen LogP contribution in [0.2, 0.25) is 0 Å². The maximum atomic E-state index is 12.9. The summed E-state index contributed by atoms with van der Waals surface area (Å²) in [5.74, 6) is -1.20. The van der Waals surface area contributed by atoms with Gasteiger partial charge in [-0.3, -0.25) is 9.59 Å². The summed E-state index contributed by atoms with van der Waals surface area (Å²) in [6, 6.07) is 0. The Hall–Kier alpha value is -1.66. The van der Waals surface area contributed by atoms with Crippen molar-refractivity contribution in [3.63, 3.8) is 0 Å². The third kappa shape index (κ3) is 3.41. The van der Waals surface area contributed by atoms with Gasteiger partial charge in [-0.05, 0) is 52.5 Å². The van der Waals surface area contributed by atoms with Gasteiger partial charge in [-0.2, -0.15) is 0 Å². The first-order chi connectivity index (χ1) is 13.1. The summed E-state index contributed by atoms with van der Waals surface area (Å²) in [4.78, 5) is 24.4. The number of carbonyl (C=O) groups excluding carboxylic acids is 2. The number of rotatable bonds is 4. The molecule has 3 aliphatic heterocycles. The first kappa shape index (κ1) is 19.6. The van der Waals surface area contributed by atoms with Gasteiger partial charge in [0.2, 0.25) is 0 Å². The monoisotopic (exact) mass is 390 g/mol. The summed E-state index contributed by atoms with van der Waals surface area (Å²) in [7, 11) is 0. The van der Waals surface area contributed by atoms with Crippen molar-refractivity contribution in [2.75, 3.05) is 6.61 Å². The maximum absolute atomic E-state index is 12.9. The van der Waals surface area contributed by atoms with Crippen LogP contribution in [0.4, 0.5) is 0 Å². The van der Waals surface area contributed by atoms with Crippen LogP contribution in [0.1, 0.15) is 53.4 Å². The zero-order chi connectivity index (χ0) is 20.3. The van der Waals surface area contributed by atoms with Crippen LogP contribution in [0.3, 0.4) is 0 Å². The zero-order valence-corrected chi connectivity index (χ0v) is 17.2. The van der Waals surface area contributed by atoms with E-state index in [1.54, 1.807) is 0 Å². The van der Waals surface area contributed by atoms with Gasteiger partial charge in [0.15, 0.2) is 5.60 Å². The van der Waals surface area contributed by atoms with E-state index in [4.69, 9.17) is 18.9 Å². The molecule has 0 aromatic heterocycles. The van der Waals surface area contributed by atoms with Crippen LogP contribution in [-0.4, -0.2) is 47.6 Å². The topological polar surface area (TPSA) is 77.7 Å². The van der Waals surface area contributed by atoms with Gasteiger partial charge in [-0.1, -0.05) is 18.2 Å². The fourth-order valence-corrected chi connectivity index (χ4v) is 4.80. The average Bonchev–Trinajstić information content (AvgIpc) is 3.41. The summed E-state index contributed by atoms with van der Waals surface area (Å²) in [5, 5.41) is 0. The number of cyclic esters (lactones) is 1. The minimum Gasteiger partial charge on any atom is -0.461 e. The molecule has 4 rings (SSSR count). The first-order valence-electron chi connectivity index (χ1n) is 10.2. The Morgan fingerprint density at radius 2 is 2.00 bits per heavy atom. The van der Waals surface area contributed by atoms with E-state index in [2.05, 4.69) is 13.5 Å². The Balaban J connectivity index is 1.65. The standard InChI is InChI=1S/C22H30O6/c1-13-6-7-17-21(5,27-17)10-8-15-18(13)19(24)28-22(15,12-25-14(2)23)11-9-16-20(3,4)26-16/h9,11,15-18H,1,6-8,10,12H2,2-5H3/b11-9+/t15-,16?,17-,18-,21-,22-/m0/s1. The molecule has 0 amide bonds. The summed E-state index contributed by atoms with van der Waals surface area (Å²) < 4.78 is 22.9. The Bertz CT molecular complexity index is 739. The van der Waals surface area contributed by atoms with Gasteiger partial charge in [-0.15, -0.1) is 0 Å². The Morgan fingerprint density at radius 3 is 2.64 bits per heavy atom. The van der Waals surface area contributed by atoms with Crippen molar-refractivity contribution in [3.05, 3.63) is 24.3 Å². The van der Waals surface area contributed by atoms with E-state index in [0.717, 1.165) is 31.3 Å². The Labute approximate surface area is 166 Å². The molecule has 4 aliphatic rings.